The van der Waals surface area contributed by atoms with Crippen LogP contribution in [-0.4, -0.2) is 29.0 Å². The van der Waals surface area contributed by atoms with Gasteiger partial charge in [-0.3, -0.25) is 0 Å². The number of ether oxygens (including phenoxy) is 1. The highest BCUT2D eigenvalue weighted by atomic mass is 16.5. The van der Waals surface area contributed by atoms with Crippen molar-refractivity contribution in [3.63, 3.8) is 0 Å². The molecule has 0 aliphatic heterocycles. The summed E-state index contributed by atoms with van der Waals surface area (Å²) in [6.45, 7) is 1.65. The fourth-order valence-electron chi connectivity index (χ4n) is 1.31. The van der Waals surface area contributed by atoms with Gasteiger partial charge in [-0.15, -0.1) is 0 Å². The van der Waals surface area contributed by atoms with Gasteiger partial charge in [0.25, 0.3) is 0 Å². The SMILES string of the molecule is COc1cc(C(O)C(C)CO)ccc1O. The summed E-state index contributed by atoms with van der Waals surface area (Å²) in [5.41, 5.74) is 0.617. The molecule has 0 bridgehead atoms. The lowest BCUT2D eigenvalue weighted by molar-refractivity contribution is 0.0768. The molecule has 4 nitrogen and oxygen atoms in total. The average Bonchev–Trinajstić information content (AvgIpc) is 2.27. The zero-order valence-electron chi connectivity index (χ0n) is 8.84. The number of phenols is 1. The molecule has 0 radical (unpaired) electrons. The van der Waals surface area contributed by atoms with E-state index in [2.05, 4.69) is 0 Å². The molecule has 4 heteroatoms. The first kappa shape index (κ1) is 11.8. The van der Waals surface area contributed by atoms with Crippen molar-refractivity contribution in [2.45, 2.75) is 13.0 Å². The monoisotopic (exact) mass is 212 g/mol. The van der Waals surface area contributed by atoms with Crippen LogP contribution in [0.15, 0.2) is 18.2 Å². The smallest absolute Gasteiger partial charge is 0.160 e. The Bertz CT molecular complexity index is 324. The predicted molar refractivity (Wildman–Crippen MR) is 55.9 cm³/mol. The van der Waals surface area contributed by atoms with Crippen LogP contribution in [0.4, 0.5) is 0 Å². The molecule has 84 valence electrons. The number of benzene rings is 1. The number of aliphatic hydroxyl groups is 2. The van der Waals surface area contributed by atoms with Crippen LogP contribution in [0, 0.1) is 5.92 Å². The fraction of sp³-hybridized carbons (Fsp3) is 0.455. The summed E-state index contributed by atoms with van der Waals surface area (Å²) >= 11 is 0. The summed E-state index contributed by atoms with van der Waals surface area (Å²) in [5.74, 6) is 0.0982. The largest absolute Gasteiger partial charge is 0.504 e. The summed E-state index contributed by atoms with van der Waals surface area (Å²) in [6, 6.07) is 4.63. The Morgan fingerprint density at radius 2 is 2.07 bits per heavy atom. The second kappa shape index (κ2) is 5.00. The minimum atomic E-state index is -0.760. The maximum absolute atomic E-state index is 9.80. The van der Waals surface area contributed by atoms with Crippen LogP contribution in [0.3, 0.4) is 0 Å². The van der Waals surface area contributed by atoms with Gasteiger partial charge in [-0.1, -0.05) is 13.0 Å². The highest BCUT2D eigenvalue weighted by molar-refractivity contribution is 5.42. The highest BCUT2D eigenvalue weighted by Gasteiger charge is 2.16. The zero-order valence-corrected chi connectivity index (χ0v) is 8.84. The maximum atomic E-state index is 9.80. The van der Waals surface area contributed by atoms with Gasteiger partial charge in [0.15, 0.2) is 11.5 Å². The molecule has 1 rings (SSSR count). The van der Waals surface area contributed by atoms with Crippen molar-refractivity contribution in [2.75, 3.05) is 13.7 Å². The van der Waals surface area contributed by atoms with Crippen LogP contribution < -0.4 is 4.74 Å². The van der Waals surface area contributed by atoms with Crippen LogP contribution in [-0.2, 0) is 0 Å². The minimum absolute atomic E-state index is 0.0325. The number of hydrogen-bond donors (Lipinski definition) is 3. The van der Waals surface area contributed by atoms with Gasteiger partial charge in [0.1, 0.15) is 0 Å². The summed E-state index contributed by atoms with van der Waals surface area (Å²) < 4.78 is 4.93. The van der Waals surface area contributed by atoms with Crippen molar-refractivity contribution in [1.82, 2.24) is 0 Å². The Kier molecular flexibility index (Phi) is 3.94. The van der Waals surface area contributed by atoms with E-state index in [9.17, 15) is 10.2 Å². The Morgan fingerprint density at radius 1 is 1.40 bits per heavy atom. The molecule has 0 spiro atoms. The molecule has 15 heavy (non-hydrogen) atoms. The third kappa shape index (κ3) is 2.61. The van der Waals surface area contributed by atoms with Crippen molar-refractivity contribution >= 4 is 0 Å². The first-order valence-corrected chi connectivity index (χ1v) is 4.76. The number of hydrogen-bond acceptors (Lipinski definition) is 4. The Labute approximate surface area is 88.8 Å². The predicted octanol–water partition coefficient (Wildman–Crippen LogP) is 1.06. The van der Waals surface area contributed by atoms with Crippen molar-refractivity contribution in [3.05, 3.63) is 23.8 Å². The lowest BCUT2D eigenvalue weighted by atomic mass is 9.98. The van der Waals surface area contributed by atoms with E-state index in [1.807, 2.05) is 0 Å². The van der Waals surface area contributed by atoms with Gasteiger partial charge in [-0.2, -0.15) is 0 Å². The van der Waals surface area contributed by atoms with Crippen molar-refractivity contribution < 1.29 is 20.1 Å². The number of aromatic hydroxyl groups is 1. The first-order chi connectivity index (χ1) is 7.10. The Balaban J connectivity index is 2.95. The van der Waals surface area contributed by atoms with E-state index in [0.29, 0.717) is 11.3 Å². The normalized spacial score (nSPS) is 14.7. The van der Waals surface area contributed by atoms with Crippen molar-refractivity contribution in [3.8, 4) is 11.5 Å². The Hall–Kier alpha value is -1.26. The van der Waals surface area contributed by atoms with Crippen LogP contribution >= 0.6 is 0 Å². The molecule has 3 N–H and O–H groups in total. The van der Waals surface area contributed by atoms with Crippen LogP contribution in [0.1, 0.15) is 18.6 Å². The molecule has 0 saturated carbocycles. The van der Waals surface area contributed by atoms with E-state index >= 15 is 0 Å². The van der Waals surface area contributed by atoms with Gasteiger partial charge in [0.05, 0.1) is 13.2 Å². The molecule has 0 aliphatic carbocycles. The molecular weight excluding hydrogens is 196 g/mol. The molecule has 0 fully saturated rings. The first-order valence-electron chi connectivity index (χ1n) is 4.76. The topological polar surface area (TPSA) is 69.9 Å². The van der Waals surface area contributed by atoms with Gasteiger partial charge < -0.3 is 20.1 Å². The van der Waals surface area contributed by atoms with Crippen LogP contribution in [0.25, 0.3) is 0 Å². The van der Waals surface area contributed by atoms with E-state index in [1.54, 1.807) is 19.1 Å². The van der Waals surface area contributed by atoms with E-state index in [0.717, 1.165) is 0 Å². The molecule has 0 aromatic heterocycles. The number of aliphatic hydroxyl groups excluding tert-OH is 2. The van der Waals surface area contributed by atoms with Crippen LogP contribution in [0.2, 0.25) is 0 Å². The maximum Gasteiger partial charge on any atom is 0.160 e. The third-order valence-electron chi connectivity index (χ3n) is 2.37. The second-order valence-electron chi connectivity index (χ2n) is 3.54. The third-order valence-corrected chi connectivity index (χ3v) is 2.37. The molecule has 2 unspecified atom stereocenters. The van der Waals surface area contributed by atoms with Gasteiger partial charge in [-0.05, 0) is 17.7 Å². The zero-order chi connectivity index (χ0) is 11.4. The van der Waals surface area contributed by atoms with E-state index in [4.69, 9.17) is 9.84 Å². The van der Waals surface area contributed by atoms with Crippen molar-refractivity contribution in [1.29, 1.82) is 0 Å². The van der Waals surface area contributed by atoms with Crippen LogP contribution in [0.5, 0.6) is 11.5 Å². The van der Waals surface area contributed by atoms with Gasteiger partial charge in [0, 0.05) is 12.5 Å². The fourth-order valence-corrected chi connectivity index (χ4v) is 1.31. The number of methoxy groups -OCH3 is 1. The second-order valence-corrected chi connectivity index (χ2v) is 3.54. The molecule has 0 amide bonds. The molecule has 0 heterocycles. The molecule has 0 aliphatic rings. The van der Waals surface area contributed by atoms with Gasteiger partial charge in [-0.25, -0.2) is 0 Å². The summed E-state index contributed by atoms with van der Waals surface area (Å²) in [7, 11) is 1.45. The standard InChI is InChI=1S/C11H16O4/c1-7(6-12)11(14)8-3-4-9(13)10(5-8)15-2/h3-5,7,11-14H,6H2,1-2H3. The van der Waals surface area contributed by atoms with E-state index in [-0.39, 0.29) is 18.3 Å². The average molecular weight is 212 g/mol. The number of phenolic OH excluding ortho intramolecular Hbond substituents is 1. The molecule has 0 saturated heterocycles. The molecule has 2 atom stereocenters. The summed E-state index contributed by atoms with van der Waals surface area (Å²) in [5, 5.41) is 28.1. The summed E-state index contributed by atoms with van der Waals surface area (Å²) in [4.78, 5) is 0. The van der Waals surface area contributed by atoms with E-state index in [1.165, 1.54) is 13.2 Å². The minimum Gasteiger partial charge on any atom is -0.504 e. The quantitative estimate of drug-likeness (QED) is 0.698. The van der Waals surface area contributed by atoms with E-state index < -0.39 is 6.10 Å². The summed E-state index contributed by atoms with van der Waals surface area (Å²) in [6.07, 6.45) is -0.760. The Morgan fingerprint density at radius 3 is 2.60 bits per heavy atom. The highest BCUT2D eigenvalue weighted by Crippen LogP contribution is 2.31. The molecule has 1 aromatic carbocycles. The van der Waals surface area contributed by atoms with Crippen molar-refractivity contribution in [2.24, 2.45) is 5.92 Å². The van der Waals surface area contributed by atoms with Gasteiger partial charge >= 0.3 is 0 Å². The lowest BCUT2D eigenvalue weighted by Crippen LogP contribution is -2.12. The lowest BCUT2D eigenvalue weighted by Gasteiger charge is -2.17. The molecular formula is C11H16O4. The number of rotatable bonds is 4. The molecule has 1 aromatic rings. The van der Waals surface area contributed by atoms with Gasteiger partial charge in [0.2, 0.25) is 0 Å².